The van der Waals surface area contributed by atoms with E-state index in [2.05, 4.69) is 5.32 Å². The van der Waals surface area contributed by atoms with Gasteiger partial charge in [0.15, 0.2) is 11.5 Å². The first-order valence-electron chi connectivity index (χ1n) is 8.68. The lowest BCUT2D eigenvalue weighted by Crippen LogP contribution is -2.36. The number of aliphatic carboxylic acids is 1. The molecule has 150 valence electrons. The number of amides is 1. The molecule has 0 spiro atoms. The van der Waals surface area contributed by atoms with Gasteiger partial charge < -0.3 is 29.1 Å². The molecule has 8 nitrogen and oxygen atoms in total. The van der Waals surface area contributed by atoms with E-state index in [0.717, 1.165) is 0 Å². The molecule has 1 aromatic heterocycles. The number of nitrogens with one attached hydrogen (secondary N) is 1. The van der Waals surface area contributed by atoms with Crippen molar-refractivity contribution < 1.29 is 28.6 Å². The predicted molar refractivity (Wildman–Crippen MR) is 102 cm³/mol. The maximum atomic E-state index is 12.7. The lowest BCUT2D eigenvalue weighted by atomic mass is 10.0. The summed E-state index contributed by atoms with van der Waals surface area (Å²) in [6.45, 7) is 0. The number of para-hydroxylation sites is 1. The molecule has 8 heteroatoms. The van der Waals surface area contributed by atoms with Crippen LogP contribution in [0.4, 0.5) is 0 Å². The minimum Gasteiger partial charge on any atom is -0.550 e. The molecule has 3 aromatic rings. The van der Waals surface area contributed by atoms with Crippen LogP contribution in [0.5, 0.6) is 11.5 Å². The third-order valence-electron chi connectivity index (χ3n) is 4.37. The van der Waals surface area contributed by atoms with Crippen molar-refractivity contribution in [1.29, 1.82) is 0 Å². The zero-order valence-electron chi connectivity index (χ0n) is 15.8. The van der Waals surface area contributed by atoms with Crippen LogP contribution in [0.15, 0.2) is 57.7 Å². The molecule has 0 radical (unpaired) electrons. The molecule has 0 aliphatic heterocycles. The topological polar surface area (TPSA) is 118 Å². The van der Waals surface area contributed by atoms with E-state index in [1.54, 1.807) is 42.5 Å². The van der Waals surface area contributed by atoms with Crippen molar-refractivity contribution in [3.63, 3.8) is 0 Å². The molecule has 0 aliphatic carbocycles. The normalized spacial score (nSPS) is 11.7. The van der Waals surface area contributed by atoms with Crippen LogP contribution < -0.4 is 25.5 Å². The zero-order chi connectivity index (χ0) is 21.0. The molecule has 0 saturated heterocycles. The number of carbonyl (C=O) groups is 2. The van der Waals surface area contributed by atoms with Gasteiger partial charge in [0, 0.05) is 17.8 Å². The summed E-state index contributed by atoms with van der Waals surface area (Å²) >= 11 is 0. The van der Waals surface area contributed by atoms with Crippen LogP contribution in [-0.4, -0.2) is 26.1 Å². The Balaban J connectivity index is 1.95. The summed E-state index contributed by atoms with van der Waals surface area (Å²) in [6.07, 6.45) is -0.500. The van der Waals surface area contributed by atoms with Gasteiger partial charge in [-0.3, -0.25) is 4.79 Å². The average molecular weight is 396 g/mol. The van der Waals surface area contributed by atoms with E-state index in [-0.39, 0.29) is 5.56 Å². The van der Waals surface area contributed by atoms with Crippen molar-refractivity contribution in [2.45, 2.75) is 12.5 Å². The van der Waals surface area contributed by atoms with Gasteiger partial charge in [0.25, 0.3) is 5.91 Å². The summed E-state index contributed by atoms with van der Waals surface area (Å²) in [5.74, 6) is -1.31. The van der Waals surface area contributed by atoms with Crippen LogP contribution in [0.2, 0.25) is 0 Å². The Labute approximate surface area is 165 Å². The molecule has 3 rings (SSSR count). The number of benzene rings is 2. The highest BCUT2D eigenvalue weighted by atomic mass is 16.5. The lowest BCUT2D eigenvalue weighted by molar-refractivity contribution is -0.306. The minimum atomic E-state index is -1.37. The van der Waals surface area contributed by atoms with Gasteiger partial charge in [0.1, 0.15) is 11.1 Å². The third-order valence-corrected chi connectivity index (χ3v) is 4.37. The van der Waals surface area contributed by atoms with Gasteiger partial charge in [-0.2, -0.15) is 0 Å². The van der Waals surface area contributed by atoms with Crippen LogP contribution in [0.25, 0.3) is 11.0 Å². The highest BCUT2D eigenvalue weighted by Crippen LogP contribution is 2.31. The minimum absolute atomic E-state index is 0.229. The first-order chi connectivity index (χ1) is 13.9. The van der Waals surface area contributed by atoms with E-state index in [0.29, 0.717) is 28.0 Å². The Bertz CT molecular complexity index is 1120. The SMILES string of the molecule is COc1ccc([C@H](CC(=O)[O-])NC(=O)c2cc3ccccc3oc2=O)cc1OC. The fourth-order valence-corrected chi connectivity index (χ4v) is 2.94. The maximum absolute atomic E-state index is 12.7. The summed E-state index contributed by atoms with van der Waals surface area (Å²) in [7, 11) is 2.91. The molecule has 29 heavy (non-hydrogen) atoms. The second-order valence-corrected chi connectivity index (χ2v) is 6.20. The van der Waals surface area contributed by atoms with E-state index in [9.17, 15) is 19.5 Å². The summed E-state index contributed by atoms with van der Waals surface area (Å²) in [6, 6.07) is 11.9. The Morgan fingerprint density at radius 1 is 1.07 bits per heavy atom. The second-order valence-electron chi connectivity index (χ2n) is 6.20. The highest BCUT2D eigenvalue weighted by molar-refractivity contribution is 5.97. The van der Waals surface area contributed by atoms with Crippen LogP contribution in [0, 0.1) is 0 Å². The monoisotopic (exact) mass is 396 g/mol. The first-order valence-corrected chi connectivity index (χ1v) is 8.68. The van der Waals surface area contributed by atoms with Gasteiger partial charge in [0.05, 0.1) is 20.3 Å². The van der Waals surface area contributed by atoms with E-state index in [1.165, 1.54) is 20.3 Å². The van der Waals surface area contributed by atoms with Crippen molar-refractivity contribution in [2.75, 3.05) is 14.2 Å². The van der Waals surface area contributed by atoms with Gasteiger partial charge in [-0.15, -0.1) is 0 Å². The number of rotatable bonds is 7. The maximum Gasteiger partial charge on any atom is 0.349 e. The van der Waals surface area contributed by atoms with Gasteiger partial charge >= 0.3 is 5.63 Å². The van der Waals surface area contributed by atoms with Crippen molar-refractivity contribution in [2.24, 2.45) is 0 Å². The highest BCUT2D eigenvalue weighted by Gasteiger charge is 2.21. The Kier molecular flexibility index (Phi) is 5.82. The van der Waals surface area contributed by atoms with E-state index < -0.39 is 30.0 Å². The summed E-state index contributed by atoms with van der Waals surface area (Å²) in [5.41, 5.74) is -0.251. The van der Waals surface area contributed by atoms with Crippen LogP contribution >= 0.6 is 0 Å². The van der Waals surface area contributed by atoms with Crippen LogP contribution in [0.1, 0.15) is 28.4 Å². The zero-order valence-corrected chi connectivity index (χ0v) is 15.8. The quantitative estimate of drug-likeness (QED) is 0.600. The van der Waals surface area contributed by atoms with E-state index >= 15 is 0 Å². The fourth-order valence-electron chi connectivity index (χ4n) is 2.94. The van der Waals surface area contributed by atoms with E-state index in [4.69, 9.17) is 13.9 Å². The largest absolute Gasteiger partial charge is 0.550 e. The van der Waals surface area contributed by atoms with Gasteiger partial charge in [-0.1, -0.05) is 24.3 Å². The molecule has 0 aliphatic rings. The Morgan fingerprint density at radius 3 is 2.48 bits per heavy atom. The Morgan fingerprint density at radius 2 is 1.79 bits per heavy atom. The summed E-state index contributed by atoms with van der Waals surface area (Å²) in [5, 5.41) is 14.4. The van der Waals surface area contributed by atoms with Crippen molar-refractivity contribution in [3.05, 3.63) is 70.1 Å². The number of hydrogen-bond donors (Lipinski definition) is 1. The van der Waals surface area contributed by atoms with Crippen molar-refractivity contribution in [3.8, 4) is 11.5 Å². The first kappa shape index (κ1) is 19.9. The van der Waals surface area contributed by atoms with Crippen LogP contribution in [0.3, 0.4) is 0 Å². The number of hydrogen-bond acceptors (Lipinski definition) is 7. The molecule has 1 heterocycles. The lowest BCUT2D eigenvalue weighted by Gasteiger charge is -2.21. The van der Waals surface area contributed by atoms with E-state index in [1.807, 2.05) is 0 Å². The number of carboxylic acids is 1. The number of carbonyl (C=O) groups excluding carboxylic acids is 2. The molecule has 0 fully saturated rings. The smallest absolute Gasteiger partial charge is 0.349 e. The number of fused-ring (bicyclic) bond motifs is 1. The van der Waals surface area contributed by atoms with Crippen molar-refractivity contribution in [1.82, 2.24) is 5.32 Å². The van der Waals surface area contributed by atoms with Crippen molar-refractivity contribution >= 4 is 22.8 Å². The molecule has 0 unspecified atom stereocenters. The summed E-state index contributed by atoms with van der Waals surface area (Å²) < 4.78 is 15.6. The average Bonchev–Trinajstić information content (AvgIpc) is 2.71. The van der Waals surface area contributed by atoms with Gasteiger partial charge in [-0.05, 0) is 29.8 Å². The molecule has 1 amide bonds. The van der Waals surface area contributed by atoms with Gasteiger partial charge in [0.2, 0.25) is 0 Å². The second kappa shape index (κ2) is 8.47. The predicted octanol–water partition coefficient (Wildman–Crippen LogP) is 1.42. The summed E-state index contributed by atoms with van der Waals surface area (Å²) in [4.78, 5) is 36.1. The fraction of sp³-hybridized carbons (Fsp3) is 0.190. The number of methoxy groups -OCH3 is 2. The molecular formula is C21H18NO7-. The third kappa shape index (κ3) is 4.37. The molecule has 1 N–H and O–H groups in total. The number of carboxylic acid groups (broad SMARTS) is 1. The van der Waals surface area contributed by atoms with Gasteiger partial charge in [-0.25, -0.2) is 4.79 Å². The van der Waals surface area contributed by atoms with Crippen LogP contribution in [-0.2, 0) is 4.79 Å². The Hall–Kier alpha value is -3.81. The molecule has 0 saturated carbocycles. The molecule has 2 aromatic carbocycles. The molecule has 0 bridgehead atoms. The molecule has 1 atom stereocenters. The standard InChI is InChI=1S/C21H19NO7/c1-27-17-8-7-12(10-18(17)28-2)15(11-19(23)24)22-20(25)14-9-13-5-3-4-6-16(13)29-21(14)26/h3-10,15H,11H2,1-2H3,(H,22,25)(H,23,24)/p-1/t15-/m0/s1. The number of ether oxygens (including phenoxy) is 2. The molecular weight excluding hydrogens is 378 g/mol.